The van der Waals surface area contributed by atoms with Crippen molar-refractivity contribution in [3.05, 3.63) is 36.4 Å². The van der Waals surface area contributed by atoms with Crippen LogP contribution in [0.4, 0.5) is 0 Å². The monoisotopic (exact) mass is 299 g/mol. The van der Waals surface area contributed by atoms with Gasteiger partial charge in [0.05, 0.1) is 42.9 Å². The number of carbonyl (C=O) groups excluding carboxylic acids is 1. The third-order valence-electron chi connectivity index (χ3n) is 4.97. The summed E-state index contributed by atoms with van der Waals surface area (Å²) >= 11 is 0. The molecule has 2 fully saturated rings. The van der Waals surface area contributed by atoms with E-state index in [9.17, 15) is 4.79 Å². The number of ether oxygens (including phenoxy) is 1. The molecule has 116 valence electrons. The van der Waals surface area contributed by atoms with E-state index < -0.39 is 0 Å². The second kappa shape index (κ2) is 5.72. The Morgan fingerprint density at radius 1 is 1.36 bits per heavy atom. The molecule has 5 nitrogen and oxygen atoms in total. The molecule has 2 aromatic rings. The Morgan fingerprint density at radius 2 is 2.27 bits per heavy atom. The average Bonchev–Trinajstić information content (AvgIpc) is 2.98. The van der Waals surface area contributed by atoms with E-state index in [0.717, 1.165) is 23.4 Å². The van der Waals surface area contributed by atoms with Gasteiger partial charge in [0, 0.05) is 12.7 Å². The zero-order valence-electron chi connectivity index (χ0n) is 12.6. The van der Waals surface area contributed by atoms with E-state index in [0.29, 0.717) is 19.8 Å². The van der Waals surface area contributed by atoms with Crippen LogP contribution in [-0.2, 0) is 4.74 Å². The van der Waals surface area contributed by atoms with Crippen molar-refractivity contribution < 1.29 is 9.53 Å². The minimum atomic E-state index is 0.114. The van der Waals surface area contributed by atoms with Crippen LogP contribution in [-0.4, -0.2) is 46.0 Å². The van der Waals surface area contributed by atoms with Crippen molar-refractivity contribution in [2.24, 2.45) is 5.92 Å². The number of hydrogen-bond acceptors (Lipinski definition) is 3. The standard InChI is InChI=1S/C17H21N3O2/c21-17(14-4-5-15-9-18-12-19(15)10-14)20-6-7-22-11-16(20)8-13-2-1-3-13/h4-5,9-10,12-13,16H,1-3,6-8,11H2. The molecule has 2 aromatic heterocycles. The minimum Gasteiger partial charge on any atom is -0.377 e. The topological polar surface area (TPSA) is 46.8 Å². The first-order valence-corrected chi connectivity index (χ1v) is 8.12. The van der Waals surface area contributed by atoms with Crippen LogP contribution in [0.15, 0.2) is 30.9 Å². The highest BCUT2D eigenvalue weighted by atomic mass is 16.5. The Bertz CT molecular complexity index is 677. The van der Waals surface area contributed by atoms with E-state index in [4.69, 9.17) is 4.74 Å². The molecular formula is C17H21N3O2. The SMILES string of the molecule is O=C(c1ccc2cncn2c1)N1CCOCC1CC1CCC1. The lowest BCUT2D eigenvalue weighted by atomic mass is 9.80. The summed E-state index contributed by atoms with van der Waals surface area (Å²) < 4.78 is 7.51. The number of imidazole rings is 1. The van der Waals surface area contributed by atoms with Crippen LogP contribution in [0.3, 0.4) is 0 Å². The van der Waals surface area contributed by atoms with Gasteiger partial charge in [0.25, 0.3) is 5.91 Å². The number of fused-ring (bicyclic) bond motifs is 1. The largest absolute Gasteiger partial charge is 0.377 e. The number of pyridine rings is 1. The van der Waals surface area contributed by atoms with Crippen LogP contribution < -0.4 is 0 Å². The number of aromatic nitrogens is 2. The molecule has 1 atom stereocenters. The molecule has 1 unspecified atom stereocenters. The molecule has 0 radical (unpaired) electrons. The zero-order valence-corrected chi connectivity index (χ0v) is 12.6. The number of amides is 1. The van der Waals surface area contributed by atoms with Gasteiger partial charge in [-0.1, -0.05) is 19.3 Å². The fourth-order valence-electron chi connectivity index (χ4n) is 3.44. The van der Waals surface area contributed by atoms with Crippen LogP contribution in [0.1, 0.15) is 36.0 Å². The Kier molecular flexibility index (Phi) is 3.58. The maximum absolute atomic E-state index is 12.9. The Labute approximate surface area is 129 Å². The highest BCUT2D eigenvalue weighted by molar-refractivity contribution is 5.94. The predicted molar refractivity (Wildman–Crippen MR) is 82.8 cm³/mol. The summed E-state index contributed by atoms with van der Waals surface area (Å²) in [5.41, 5.74) is 1.73. The summed E-state index contributed by atoms with van der Waals surface area (Å²) in [5, 5.41) is 0. The van der Waals surface area contributed by atoms with Crippen molar-refractivity contribution in [3.63, 3.8) is 0 Å². The van der Waals surface area contributed by atoms with Gasteiger partial charge in [-0.3, -0.25) is 4.79 Å². The number of rotatable bonds is 3. The second-order valence-corrected chi connectivity index (χ2v) is 6.40. The van der Waals surface area contributed by atoms with Crippen molar-refractivity contribution >= 4 is 11.4 Å². The van der Waals surface area contributed by atoms with Crippen molar-refractivity contribution in [2.75, 3.05) is 19.8 Å². The van der Waals surface area contributed by atoms with Crippen LogP contribution in [0, 0.1) is 5.92 Å². The van der Waals surface area contributed by atoms with Crippen molar-refractivity contribution in [2.45, 2.75) is 31.7 Å². The van der Waals surface area contributed by atoms with Gasteiger partial charge in [0.15, 0.2) is 0 Å². The molecule has 0 spiro atoms. The second-order valence-electron chi connectivity index (χ2n) is 6.40. The first-order valence-electron chi connectivity index (χ1n) is 8.12. The molecule has 4 rings (SSSR count). The summed E-state index contributed by atoms with van der Waals surface area (Å²) in [6.07, 6.45) is 10.4. The summed E-state index contributed by atoms with van der Waals surface area (Å²) in [6, 6.07) is 4.07. The molecule has 2 aliphatic rings. The maximum atomic E-state index is 12.9. The number of nitrogens with zero attached hydrogens (tertiary/aromatic N) is 3. The molecule has 1 saturated carbocycles. The molecular weight excluding hydrogens is 278 g/mol. The van der Waals surface area contributed by atoms with Crippen LogP contribution in [0.2, 0.25) is 0 Å². The van der Waals surface area contributed by atoms with E-state index in [1.807, 2.05) is 27.6 Å². The number of carbonyl (C=O) groups is 1. The van der Waals surface area contributed by atoms with Crippen molar-refractivity contribution in [1.29, 1.82) is 0 Å². The van der Waals surface area contributed by atoms with Crippen LogP contribution >= 0.6 is 0 Å². The quantitative estimate of drug-likeness (QED) is 0.874. The summed E-state index contributed by atoms with van der Waals surface area (Å²) in [7, 11) is 0. The molecule has 3 heterocycles. The minimum absolute atomic E-state index is 0.114. The third kappa shape index (κ3) is 2.50. The molecule has 0 aromatic carbocycles. The first-order chi connectivity index (χ1) is 10.8. The molecule has 1 amide bonds. The van der Waals surface area contributed by atoms with Crippen LogP contribution in [0.25, 0.3) is 5.52 Å². The molecule has 0 N–H and O–H groups in total. The highest BCUT2D eigenvalue weighted by Gasteiger charge is 2.31. The van der Waals surface area contributed by atoms with E-state index >= 15 is 0 Å². The fourth-order valence-corrected chi connectivity index (χ4v) is 3.44. The van der Waals surface area contributed by atoms with Gasteiger partial charge in [-0.05, 0) is 24.5 Å². The maximum Gasteiger partial charge on any atom is 0.255 e. The lowest BCUT2D eigenvalue weighted by molar-refractivity contribution is -0.0124. The smallest absolute Gasteiger partial charge is 0.255 e. The van der Waals surface area contributed by atoms with Gasteiger partial charge in [-0.2, -0.15) is 0 Å². The van der Waals surface area contributed by atoms with Crippen molar-refractivity contribution in [3.8, 4) is 0 Å². The molecule has 0 bridgehead atoms. The van der Waals surface area contributed by atoms with Gasteiger partial charge in [-0.15, -0.1) is 0 Å². The van der Waals surface area contributed by atoms with Crippen LogP contribution in [0.5, 0.6) is 0 Å². The number of morpholine rings is 1. The lowest BCUT2D eigenvalue weighted by Gasteiger charge is -2.39. The Balaban J connectivity index is 1.55. The van der Waals surface area contributed by atoms with E-state index in [1.165, 1.54) is 19.3 Å². The molecule has 1 aliphatic carbocycles. The molecule has 1 aliphatic heterocycles. The summed E-state index contributed by atoms with van der Waals surface area (Å²) in [6.45, 7) is 2.01. The average molecular weight is 299 g/mol. The molecule has 5 heteroatoms. The van der Waals surface area contributed by atoms with Gasteiger partial charge in [0.2, 0.25) is 0 Å². The molecule has 22 heavy (non-hydrogen) atoms. The first kappa shape index (κ1) is 13.8. The van der Waals surface area contributed by atoms with Gasteiger partial charge >= 0.3 is 0 Å². The lowest BCUT2D eigenvalue weighted by Crippen LogP contribution is -2.49. The highest BCUT2D eigenvalue weighted by Crippen LogP contribution is 2.32. The van der Waals surface area contributed by atoms with E-state index in [-0.39, 0.29) is 11.9 Å². The van der Waals surface area contributed by atoms with E-state index in [2.05, 4.69) is 4.98 Å². The summed E-state index contributed by atoms with van der Waals surface area (Å²) in [5.74, 6) is 0.890. The third-order valence-corrected chi connectivity index (χ3v) is 4.97. The van der Waals surface area contributed by atoms with Crippen molar-refractivity contribution in [1.82, 2.24) is 14.3 Å². The Hall–Kier alpha value is -1.88. The molecule has 1 saturated heterocycles. The van der Waals surface area contributed by atoms with Gasteiger partial charge < -0.3 is 14.0 Å². The Morgan fingerprint density at radius 3 is 3.09 bits per heavy atom. The van der Waals surface area contributed by atoms with E-state index in [1.54, 1.807) is 12.5 Å². The summed E-state index contributed by atoms with van der Waals surface area (Å²) in [4.78, 5) is 19.0. The normalized spacial score (nSPS) is 22.7. The van der Waals surface area contributed by atoms with Gasteiger partial charge in [0.1, 0.15) is 0 Å². The zero-order chi connectivity index (χ0) is 14.9. The fraction of sp³-hybridized carbons (Fsp3) is 0.529. The van der Waals surface area contributed by atoms with Gasteiger partial charge in [-0.25, -0.2) is 4.98 Å². The predicted octanol–water partition coefficient (Wildman–Crippen LogP) is 2.37. The number of hydrogen-bond donors (Lipinski definition) is 0.